The van der Waals surface area contributed by atoms with Gasteiger partial charge in [-0.05, 0) is 31.0 Å². The lowest BCUT2D eigenvalue weighted by Gasteiger charge is -2.09. The van der Waals surface area contributed by atoms with Crippen molar-refractivity contribution in [3.8, 4) is 0 Å². The molecule has 0 bridgehead atoms. The summed E-state index contributed by atoms with van der Waals surface area (Å²) in [5.41, 5.74) is 5.51. The van der Waals surface area contributed by atoms with Crippen LogP contribution in [0.2, 0.25) is 10.0 Å². The number of nitrogens with one attached hydrogen (secondary N) is 2. The summed E-state index contributed by atoms with van der Waals surface area (Å²) < 4.78 is 0. The van der Waals surface area contributed by atoms with E-state index in [4.69, 9.17) is 28.9 Å². The van der Waals surface area contributed by atoms with Crippen molar-refractivity contribution < 1.29 is 14.4 Å². The van der Waals surface area contributed by atoms with Crippen molar-refractivity contribution in [2.75, 3.05) is 10.6 Å². The molecule has 1 aliphatic rings. The third-order valence-corrected chi connectivity index (χ3v) is 4.02. The van der Waals surface area contributed by atoms with Gasteiger partial charge >= 0.3 is 0 Å². The van der Waals surface area contributed by atoms with Crippen LogP contribution >= 0.6 is 23.2 Å². The van der Waals surface area contributed by atoms with Gasteiger partial charge < -0.3 is 16.4 Å². The number of primary amides is 1. The van der Waals surface area contributed by atoms with Gasteiger partial charge in [0, 0.05) is 23.9 Å². The van der Waals surface area contributed by atoms with Crippen LogP contribution in [0.4, 0.5) is 11.5 Å². The zero-order valence-electron chi connectivity index (χ0n) is 13.5. The molecule has 136 valence electrons. The number of halogens is 2. The normalized spacial score (nSPS) is 12.4. The summed E-state index contributed by atoms with van der Waals surface area (Å²) in [6, 6.07) is 7.90. The van der Waals surface area contributed by atoms with E-state index in [2.05, 4.69) is 15.6 Å². The van der Waals surface area contributed by atoms with Crippen molar-refractivity contribution in [2.45, 2.75) is 12.8 Å². The number of hydrogen-bond acceptors (Lipinski definition) is 4. The van der Waals surface area contributed by atoms with E-state index in [-0.39, 0.29) is 27.4 Å². The Morgan fingerprint density at radius 1 is 1.19 bits per heavy atom. The number of carbonyl (C=O) groups is 3. The van der Waals surface area contributed by atoms with Crippen LogP contribution in [-0.2, 0) is 9.59 Å². The lowest BCUT2D eigenvalue weighted by atomic mass is 10.2. The fraction of sp³-hybridized carbons (Fsp3) is 0.176. The third-order valence-electron chi connectivity index (χ3n) is 3.39. The van der Waals surface area contributed by atoms with Gasteiger partial charge in [0.25, 0.3) is 5.91 Å². The minimum Gasteiger partial charge on any atom is -0.369 e. The molecule has 0 aliphatic heterocycles. The number of anilines is 2. The van der Waals surface area contributed by atoms with Crippen LogP contribution in [-0.4, -0.2) is 23.2 Å². The standard InChI is InChI=1S/C13H9Cl2N3O2.C4H7NO/c14-9-2-1-3-10(15)12(9)13(20)18-8-4-5-16-11(6-8)17-7-19;5-4(6)3-1-2-3/h1-7H,(H2,16,17,18,19,20);3H,1-2H2,(H2,5,6). The molecule has 1 heterocycles. The van der Waals surface area contributed by atoms with Gasteiger partial charge in [0.1, 0.15) is 5.82 Å². The highest BCUT2D eigenvalue weighted by molar-refractivity contribution is 6.40. The van der Waals surface area contributed by atoms with Crippen molar-refractivity contribution in [3.05, 3.63) is 52.1 Å². The SMILES string of the molecule is NC(=O)C1CC1.O=CNc1cc(NC(=O)c2c(Cl)cccc2Cl)ccn1. The van der Waals surface area contributed by atoms with E-state index in [1.54, 1.807) is 24.3 Å². The average Bonchev–Trinajstić information content (AvgIpc) is 3.41. The molecule has 3 rings (SSSR count). The van der Waals surface area contributed by atoms with Gasteiger partial charge in [0.05, 0.1) is 15.6 Å². The smallest absolute Gasteiger partial charge is 0.258 e. The maximum Gasteiger partial charge on any atom is 0.258 e. The molecule has 1 aliphatic carbocycles. The predicted octanol–water partition coefficient (Wildman–Crippen LogP) is 3.09. The molecule has 0 unspecified atom stereocenters. The minimum absolute atomic E-state index is 0.130. The predicted molar refractivity (Wildman–Crippen MR) is 100 cm³/mol. The van der Waals surface area contributed by atoms with Crippen LogP contribution < -0.4 is 16.4 Å². The highest BCUT2D eigenvalue weighted by atomic mass is 35.5. The number of carbonyl (C=O) groups excluding carboxylic acids is 3. The van der Waals surface area contributed by atoms with E-state index in [1.807, 2.05) is 0 Å². The molecule has 1 fully saturated rings. The van der Waals surface area contributed by atoms with Crippen LogP contribution in [0.3, 0.4) is 0 Å². The molecular formula is C17H16Cl2N4O3. The molecule has 7 nitrogen and oxygen atoms in total. The Hall–Kier alpha value is -2.64. The summed E-state index contributed by atoms with van der Waals surface area (Å²) in [5.74, 6) is -0.00749. The van der Waals surface area contributed by atoms with E-state index in [0.717, 1.165) is 12.8 Å². The molecule has 0 radical (unpaired) electrons. The second-order valence-corrected chi connectivity index (χ2v) is 6.23. The Morgan fingerprint density at radius 2 is 1.85 bits per heavy atom. The number of pyridine rings is 1. The zero-order chi connectivity index (χ0) is 19.1. The van der Waals surface area contributed by atoms with Crippen molar-refractivity contribution in [2.24, 2.45) is 11.7 Å². The largest absolute Gasteiger partial charge is 0.369 e. The van der Waals surface area contributed by atoms with Crippen molar-refractivity contribution >= 4 is 52.9 Å². The van der Waals surface area contributed by atoms with E-state index in [1.165, 1.54) is 12.3 Å². The van der Waals surface area contributed by atoms with Gasteiger partial charge in [-0.3, -0.25) is 14.4 Å². The van der Waals surface area contributed by atoms with Gasteiger partial charge in [-0.25, -0.2) is 4.98 Å². The number of rotatable bonds is 5. The van der Waals surface area contributed by atoms with Gasteiger partial charge in [0.2, 0.25) is 12.3 Å². The molecule has 0 saturated heterocycles. The Labute approximate surface area is 159 Å². The topological polar surface area (TPSA) is 114 Å². The molecule has 9 heteroatoms. The fourth-order valence-corrected chi connectivity index (χ4v) is 2.49. The molecule has 26 heavy (non-hydrogen) atoms. The van der Waals surface area contributed by atoms with Crippen LogP contribution in [0.15, 0.2) is 36.5 Å². The molecule has 3 amide bonds. The maximum atomic E-state index is 12.1. The molecule has 1 aromatic heterocycles. The Balaban J connectivity index is 0.000000342. The first-order chi connectivity index (χ1) is 12.4. The highest BCUT2D eigenvalue weighted by Crippen LogP contribution is 2.27. The van der Waals surface area contributed by atoms with Gasteiger partial charge in [0.15, 0.2) is 0 Å². The molecule has 2 aromatic rings. The second-order valence-electron chi connectivity index (χ2n) is 5.42. The Kier molecular flexibility index (Phi) is 6.94. The molecular weight excluding hydrogens is 379 g/mol. The first kappa shape index (κ1) is 19.7. The summed E-state index contributed by atoms with van der Waals surface area (Å²) in [6.07, 6.45) is 4.00. The summed E-state index contributed by atoms with van der Waals surface area (Å²) in [5, 5.41) is 5.54. The zero-order valence-corrected chi connectivity index (χ0v) is 15.1. The van der Waals surface area contributed by atoms with E-state index in [9.17, 15) is 14.4 Å². The van der Waals surface area contributed by atoms with Gasteiger partial charge in [-0.1, -0.05) is 29.3 Å². The van der Waals surface area contributed by atoms with E-state index in [0.29, 0.717) is 17.9 Å². The molecule has 1 saturated carbocycles. The number of amides is 3. The second kappa shape index (κ2) is 9.17. The van der Waals surface area contributed by atoms with Crippen LogP contribution in [0.5, 0.6) is 0 Å². The Morgan fingerprint density at radius 3 is 2.35 bits per heavy atom. The summed E-state index contributed by atoms with van der Waals surface area (Å²) in [7, 11) is 0. The van der Waals surface area contributed by atoms with E-state index >= 15 is 0 Å². The summed E-state index contributed by atoms with van der Waals surface area (Å²) >= 11 is 11.9. The Bertz CT molecular complexity index is 805. The van der Waals surface area contributed by atoms with Gasteiger partial charge in [-0.2, -0.15) is 0 Å². The summed E-state index contributed by atoms with van der Waals surface area (Å²) in [4.78, 5) is 36.4. The van der Waals surface area contributed by atoms with Crippen molar-refractivity contribution in [1.29, 1.82) is 0 Å². The number of nitrogens with zero attached hydrogens (tertiary/aromatic N) is 1. The van der Waals surface area contributed by atoms with Gasteiger partial charge in [-0.15, -0.1) is 0 Å². The molecule has 0 atom stereocenters. The van der Waals surface area contributed by atoms with Crippen LogP contribution in [0.25, 0.3) is 0 Å². The third kappa shape index (κ3) is 5.72. The number of nitrogens with two attached hydrogens (primary N) is 1. The first-order valence-electron chi connectivity index (χ1n) is 7.63. The monoisotopic (exact) mass is 394 g/mol. The maximum absolute atomic E-state index is 12.1. The number of aromatic nitrogens is 1. The first-order valence-corrected chi connectivity index (χ1v) is 8.39. The molecule has 1 aromatic carbocycles. The lowest BCUT2D eigenvalue weighted by molar-refractivity contribution is -0.119. The number of hydrogen-bond donors (Lipinski definition) is 3. The van der Waals surface area contributed by atoms with Crippen LogP contribution in [0, 0.1) is 5.92 Å². The van der Waals surface area contributed by atoms with Crippen molar-refractivity contribution in [1.82, 2.24) is 4.98 Å². The number of benzene rings is 1. The minimum atomic E-state index is -0.441. The molecule has 4 N–H and O–H groups in total. The fourth-order valence-electron chi connectivity index (χ4n) is 1.92. The average molecular weight is 395 g/mol. The lowest BCUT2D eigenvalue weighted by Crippen LogP contribution is -2.13. The van der Waals surface area contributed by atoms with E-state index < -0.39 is 5.91 Å². The quantitative estimate of drug-likeness (QED) is 0.675. The van der Waals surface area contributed by atoms with Crippen LogP contribution in [0.1, 0.15) is 23.2 Å². The highest BCUT2D eigenvalue weighted by Gasteiger charge is 2.26. The summed E-state index contributed by atoms with van der Waals surface area (Å²) in [6.45, 7) is 0. The van der Waals surface area contributed by atoms with Crippen molar-refractivity contribution in [3.63, 3.8) is 0 Å². The molecule has 0 spiro atoms.